The molecule has 130 valence electrons. The summed E-state index contributed by atoms with van der Waals surface area (Å²) >= 11 is 1.55. The van der Waals surface area contributed by atoms with Crippen molar-refractivity contribution in [1.82, 2.24) is 15.2 Å². The SMILES string of the molecule is NC(=NCc1csc(-c2ccco2)n1)NCCCN1CCOCC1. The molecule has 0 atom stereocenters. The van der Waals surface area contributed by atoms with Gasteiger partial charge in [-0.05, 0) is 25.1 Å². The summed E-state index contributed by atoms with van der Waals surface area (Å²) < 4.78 is 10.7. The van der Waals surface area contributed by atoms with Crippen molar-refractivity contribution in [2.24, 2.45) is 10.7 Å². The molecule has 0 spiro atoms. The Labute approximate surface area is 145 Å². The Balaban J connectivity index is 1.36. The highest BCUT2D eigenvalue weighted by Gasteiger charge is 2.09. The number of ether oxygens (including phenoxy) is 1. The summed E-state index contributed by atoms with van der Waals surface area (Å²) in [6.07, 6.45) is 2.68. The van der Waals surface area contributed by atoms with E-state index < -0.39 is 0 Å². The molecule has 1 saturated heterocycles. The number of guanidine groups is 1. The van der Waals surface area contributed by atoms with Gasteiger partial charge in [0.05, 0.1) is 31.7 Å². The van der Waals surface area contributed by atoms with Crippen molar-refractivity contribution < 1.29 is 9.15 Å². The fraction of sp³-hybridized carbons (Fsp3) is 0.500. The second kappa shape index (κ2) is 8.81. The number of nitrogens with one attached hydrogen (secondary N) is 1. The summed E-state index contributed by atoms with van der Waals surface area (Å²) in [7, 11) is 0. The molecule has 3 rings (SSSR count). The molecular formula is C16H23N5O2S. The van der Waals surface area contributed by atoms with Crippen molar-refractivity contribution >= 4 is 17.3 Å². The van der Waals surface area contributed by atoms with E-state index in [0.717, 1.165) is 62.3 Å². The molecule has 3 N–H and O–H groups in total. The number of hydrogen-bond acceptors (Lipinski definition) is 6. The lowest BCUT2D eigenvalue weighted by atomic mass is 10.3. The third-order valence-corrected chi connectivity index (χ3v) is 4.66. The van der Waals surface area contributed by atoms with Crippen LogP contribution >= 0.6 is 11.3 Å². The lowest BCUT2D eigenvalue weighted by molar-refractivity contribution is 0.0376. The van der Waals surface area contributed by atoms with Crippen LogP contribution in [0.2, 0.25) is 0 Å². The molecule has 0 saturated carbocycles. The van der Waals surface area contributed by atoms with Gasteiger partial charge in [-0.15, -0.1) is 11.3 Å². The summed E-state index contributed by atoms with van der Waals surface area (Å²) in [5.74, 6) is 1.24. The average molecular weight is 349 g/mol. The van der Waals surface area contributed by atoms with Crippen molar-refractivity contribution in [3.63, 3.8) is 0 Å². The number of aliphatic imine (C=N–C) groups is 1. The van der Waals surface area contributed by atoms with Crippen molar-refractivity contribution in [3.05, 3.63) is 29.5 Å². The van der Waals surface area contributed by atoms with Crippen LogP contribution in [0.1, 0.15) is 12.1 Å². The first-order valence-corrected chi connectivity index (χ1v) is 9.01. The third kappa shape index (κ3) is 5.05. The Bertz CT molecular complexity index is 635. The maximum Gasteiger partial charge on any atom is 0.188 e. The number of nitrogens with zero attached hydrogens (tertiary/aromatic N) is 3. The third-order valence-electron chi connectivity index (χ3n) is 3.76. The van der Waals surface area contributed by atoms with Crippen molar-refractivity contribution in [1.29, 1.82) is 0 Å². The number of morpholine rings is 1. The largest absolute Gasteiger partial charge is 0.462 e. The van der Waals surface area contributed by atoms with Gasteiger partial charge in [0.25, 0.3) is 0 Å². The first-order chi connectivity index (χ1) is 11.8. The first-order valence-electron chi connectivity index (χ1n) is 8.13. The summed E-state index contributed by atoms with van der Waals surface area (Å²) in [6.45, 7) is 6.06. The fourth-order valence-corrected chi connectivity index (χ4v) is 3.24. The van der Waals surface area contributed by atoms with E-state index in [0.29, 0.717) is 12.5 Å². The van der Waals surface area contributed by atoms with Crippen molar-refractivity contribution in [2.45, 2.75) is 13.0 Å². The predicted octanol–water partition coefficient (Wildman–Crippen LogP) is 1.53. The van der Waals surface area contributed by atoms with Gasteiger partial charge in [0, 0.05) is 25.0 Å². The number of rotatable bonds is 7. The molecule has 3 heterocycles. The van der Waals surface area contributed by atoms with Gasteiger partial charge in [0.15, 0.2) is 16.7 Å². The van der Waals surface area contributed by atoms with E-state index in [1.807, 2.05) is 17.5 Å². The van der Waals surface area contributed by atoms with E-state index in [1.54, 1.807) is 17.6 Å². The molecule has 1 fully saturated rings. The van der Waals surface area contributed by atoms with Gasteiger partial charge < -0.3 is 20.2 Å². The van der Waals surface area contributed by atoms with Crippen LogP contribution in [0.3, 0.4) is 0 Å². The number of furan rings is 1. The molecule has 0 aliphatic carbocycles. The summed E-state index contributed by atoms with van der Waals surface area (Å²) in [6, 6.07) is 3.75. The minimum Gasteiger partial charge on any atom is -0.462 e. The van der Waals surface area contributed by atoms with Crippen LogP contribution < -0.4 is 11.1 Å². The fourth-order valence-electron chi connectivity index (χ4n) is 2.46. The van der Waals surface area contributed by atoms with Gasteiger partial charge >= 0.3 is 0 Å². The van der Waals surface area contributed by atoms with Crippen LogP contribution in [-0.2, 0) is 11.3 Å². The second-order valence-electron chi connectivity index (χ2n) is 5.56. The molecule has 1 aliphatic heterocycles. The van der Waals surface area contributed by atoms with Gasteiger partial charge in [0.1, 0.15) is 0 Å². The van der Waals surface area contributed by atoms with Crippen LogP contribution in [0.4, 0.5) is 0 Å². The van der Waals surface area contributed by atoms with Crippen LogP contribution in [0, 0.1) is 0 Å². The summed E-state index contributed by atoms with van der Waals surface area (Å²) in [5.41, 5.74) is 6.80. The zero-order valence-electron chi connectivity index (χ0n) is 13.6. The lowest BCUT2D eigenvalue weighted by Gasteiger charge is -2.26. The van der Waals surface area contributed by atoms with E-state index in [4.69, 9.17) is 14.9 Å². The van der Waals surface area contributed by atoms with E-state index >= 15 is 0 Å². The maximum absolute atomic E-state index is 5.90. The Kier molecular flexibility index (Phi) is 6.22. The molecule has 0 aromatic carbocycles. The van der Waals surface area contributed by atoms with Crippen molar-refractivity contribution in [3.8, 4) is 10.8 Å². The van der Waals surface area contributed by atoms with E-state index in [-0.39, 0.29) is 0 Å². The standard InChI is InChI=1S/C16H23N5O2S/c17-16(18-4-2-5-21-6-9-22-10-7-21)19-11-13-12-24-15(20-13)14-3-1-8-23-14/h1,3,8,12H,2,4-7,9-11H2,(H3,17,18,19). The van der Waals surface area contributed by atoms with Crippen LogP contribution in [0.5, 0.6) is 0 Å². The van der Waals surface area contributed by atoms with Crippen LogP contribution in [0.25, 0.3) is 10.8 Å². The monoisotopic (exact) mass is 349 g/mol. The highest BCUT2D eigenvalue weighted by atomic mass is 32.1. The number of aromatic nitrogens is 1. The van der Waals surface area contributed by atoms with Gasteiger partial charge in [-0.25, -0.2) is 9.98 Å². The maximum atomic E-state index is 5.90. The van der Waals surface area contributed by atoms with E-state index in [2.05, 4.69) is 20.2 Å². The highest BCUT2D eigenvalue weighted by Crippen LogP contribution is 2.24. The zero-order chi connectivity index (χ0) is 16.6. The Morgan fingerprint density at radius 3 is 3.08 bits per heavy atom. The molecule has 0 unspecified atom stereocenters. The molecule has 8 heteroatoms. The molecular weight excluding hydrogens is 326 g/mol. The van der Waals surface area contributed by atoms with Gasteiger partial charge in [-0.3, -0.25) is 4.90 Å². The molecule has 1 aliphatic rings. The van der Waals surface area contributed by atoms with E-state index in [1.165, 1.54) is 0 Å². The van der Waals surface area contributed by atoms with E-state index in [9.17, 15) is 0 Å². The van der Waals surface area contributed by atoms with Crippen molar-refractivity contribution in [2.75, 3.05) is 39.4 Å². The molecule has 2 aromatic heterocycles. The molecule has 0 amide bonds. The summed E-state index contributed by atoms with van der Waals surface area (Å²) in [5, 5.41) is 6.00. The second-order valence-corrected chi connectivity index (χ2v) is 6.42. The normalized spacial score (nSPS) is 16.4. The Morgan fingerprint density at radius 2 is 2.29 bits per heavy atom. The zero-order valence-corrected chi connectivity index (χ0v) is 14.4. The molecule has 7 nitrogen and oxygen atoms in total. The van der Waals surface area contributed by atoms with Gasteiger partial charge in [0.2, 0.25) is 0 Å². The molecule has 24 heavy (non-hydrogen) atoms. The topological polar surface area (TPSA) is 88.9 Å². The van der Waals surface area contributed by atoms with Gasteiger partial charge in [-0.2, -0.15) is 0 Å². The molecule has 0 radical (unpaired) electrons. The van der Waals surface area contributed by atoms with Gasteiger partial charge in [-0.1, -0.05) is 0 Å². The molecule has 0 bridgehead atoms. The minimum atomic E-state index is 0.463. The number of hydrogen-bond donors (Lipinski definition) is 2. The number of thiazole rings is 1. The van der Waals surface area contributed by atoms with Crippen LogP contribution in [-0.4, -0.2) is 55.2 Å². The Morgan fingerprint density at radius 1 is 1.42 bits per heavy atom. The molecule has 2 aromatic rings. The summed E-state index contributed by atoms with van der Waals surface area (Å²) in [4.78, 5) is 11.2. The first kappa shape index (κ1) is 16.9. The van der Waals surface area contributed by atoms with Crippen LogP contribution in [0.15, 0.2) is 33.2 Å². The average Bonchev–Trinajstić information content (AvgIpc) is 3.29. The Hall–Kier alpha value is -1.90. The number of nitrogens with two attached hydrogens (primary N) is 1. The lowest BCUT2D eigenvalue weighted by Crippen LogP contribution is -2.39. The quantitative estimate of drug-likeness (QED) is 0.448. The predicted molar refractivity (Wildman–Crippen MR) is 95.0 cm³/mol. The minimum absolute atomic E-state index is 0.463. The smallest absolute Gasteiger partial charge is 0.188 e. The highest BCUT2D eigenvalue weighted by molar-refractivity contribution is 7.13.